The number of nitrogens with one attached hydrogen (secondary N) is 1. The second-order valence-electron chi connectivity index (χ2n) is 13.3. The third kappa shape index (κ3) is 6.46. The van der Waals surface area contributed by atoms with Gasteiger partial charge in [0.15, 0.2) is 6.23 Å². The fourth-order valence-corrected chi connectivity index (χ4v) is 6.66. The van der Waals surface area contributed by atoms with Crippen LogP contribution < -0.4 is 5.32 Å². The van der Waals surface area contributed by atoms with Crippen LogP contribution in [0.25, 0.3) is 10.9 Å². The van der Waals surface area contributed by atoms with Crippen LogP contribution in [0.15, 0.2) is 30.5 Å². The Balaban J connectivity index is 1.32. The summed E-state index contributed by atoms with van der Waals surface area (Å²) in [6.07, 6.45) is -0.615. The fourth-order valence-electron chi connectivity index (χ4n) is 6.66. The molecule has 13 heteroatoms. The molecule has 0 aliphatic carbocycles. The van der Waals surface area contributed by atoms with Crippen molar-refractivity contribution in [2.45, 2.75) is 89.5 Å². The highest BCUT2D eigenvalue weighted by Crippen LogP contribution is 2.44. The van der Waals surface area contributed by atoms with Crippen molar-refractivity contribution in [2.75, 3.05) is 31.6 Å². The topological polar surface area (TPSA) is 71.9 Å². The lowest BCUT2D eigenvalue weighted by Crippen LogP contribution is -2.57. The molecule has 1 aromatic heterocycles. The molecule has 2 aromatic carbocycles. The number of benzene rings is 2. The number of likely N-dealkylation sites (tertiary alicyclic amines) is 1. The number of halogens is 5. The molecule has 0 spiro atoms. The quantitative estimate of drug-likeness (QED) is 0.306. The number of carbonyl (C=O) groups excluding carboxylic acids is 1. The maximum atomic E-state index is 15.9. The maximum Gasteiger partial charge on any atom is 0.410 e. The number of fused-ring (bicyclic) bond motifs is 3. The summed E-state index contributed by atoms with van der Waals surface area (Å²) < 4.78 is 86.5. The predicted molar refractivity (Wildman–Crippen MR) is 158 cm³/mol. The molecule has 244 valence electrons. The van der Waals surface area contributed by atoms with Crippen molar-refractivity contribution in [3.05, 3.63) is 58.8 Å². The maximum absolute atomic E-state index is 15.9. The molecule has 0 saturated carbocycles. The number of rotatable bonds is 5. The minimum absolute atomic E-state index is 0.137. The molecule has 1 unspecified atom stereocenters. The van der Waals surface area contributed by atoms with Gasteiger partial charge in [-0.2, -0.15) is 18.3 Å². The summed E-state index contributed by atoms with van der Waals surface area (Å²) in [5, 5.41) is 8.33. The average Bonchev–Trinajstić information content (AvgIpc) is 3.35. The number of ether oxygens (including phenoxy) is 2. The molecule has 2 saturated heterocycles. The lowest BCUT2D eigenvalue weighted by atomic mass is 9.83. The van der Waals surface area contributed by atoms with Crippen LogP contribution in [0, 0.1) is 11.6 Å². The van der Waals surface area contributed by atoms with Crippen LogP contribution in [0.4, 0.5) is 32.4 Å². The van der Waals surface area contributed by atoms with Gasteiger partial charge in [0.25, 0.3) is 0 Å². The first-order valence-corrected chi connectivity index (χ1v) is 15.3. The first-order chi connectivity index (χ1) is 21.2. The van der Waals surface area contributed by atoms with E-state index in [1.165, 1.54) is 4.90 Å². The van der Waals surface area contributed by atoms with Crippen LogP contribution in [-0.4, -0.2) is 75.8 Å². The van der Waals surface area contributed by atoms with Crippen molar-refractivity contribution in [3.8, 4) is 0 Å². The zero-order chi connectivity index (χ0) is 32.3. The van der Waals surface area contributed by atoms with Crippen LogP contribution in [0.2, 0.25) is 0 Å². The number of hydrogen-bond acceptors (Lipinski definition) is 6. The Morgan fingerprint density at radius 3 is 2.44 bits per heavy atom. The molecule has 45 heavy (non-hydrogen) atoms. The lowest BCUT2D eigenvalue weighted by molar-refractivity contribution is -0.155. The van der Waals surface area contributed by atoms with E-state index in [4.69, 9.17) is 9.47 Å². The highest BCUT2D eigenvalue weighted by Gasteiger charge is 2.43. The van der Waals surface area contributed by atoms with Gasteiger partial charge in [0, 0.05) is 42.4 Å². The fraction of sp³-hybridized carbons (Fsp3) is 0.562. The smallest absolute Gasteiger partial charge is 0.410 e. The number of carbonyl (C=O) groups is 1. The number of anilines is 1. The van der Waals surface area contributed by atoms with Gasteiger partial charge in [-0.3, -0.25) is 4.90 Å². The van der Waals surface area contributed by atoms with E-state index in [0.29, 0.717) is 12.2 Å². The molecule has 4 heterocycles. The van der Waals surface area contributed by atoms with Gasteiger partial charge in [-0.15, -0.1) is 0 Å². The first kappa shape index (κ1) is 31.5. The van der Waals surface area contributed by atoms with Crippen LogP contribution >= 0.6 is 0 Å². The van der Waals surface area contributed by atoms with E-state index in [0.717, 1.165) is 52.8 Å². The van der Waals surface area contributed by atoms with Crippen molar-refractivity contribution in [3.63, 3.8) is 0 Å². The minimum Gasteiger partial charge on any atom is -0.444 e. The number of alkyl halides is 3. The van der Waals surface area contributed by atoms with E-state index in [2.05, 4.69) is 10.4 Å². The highest BCUT2D eigenvalue weighted by atomic mass is 19.4. The molecular weight excluding hydrogens is 597 g/mol. The summed E-state index contributed by atoms with van der Waals surface area (Å²) in [4.78, 5) is 14.8. The second kappa shape index (κ2) is 11.7. The molecule has 0 radical (unpaired) electrons. The predicted octanol–water partition coefficient (Wildman–Crippen LogP) is 6.94. The van der Waals surface area contributed by atoms with Crippen molar-refractivity contribution in [1.29, 1.82) is 0 Å². The third-order valence-corrected chi connectivity index (χ3v) is 8.67. The zero-order valence-electron chi connectivity index (χ0n) is 25.8. The van der Waals surface area contributed by atoms with Gasteiger partial charge in [0.05, 0.1) is 30.3 Å². The molecule has 3 aromatic rings. The summed E-state index contributed by atoms with van der Waals surface area (Å²) in [5.74, 6) is -1.91. The summed E-state index contributed by atoms with van der Waals surface area (Å²) in [5.41, 5.74) is 0.963. The molecule has 3 aliphatic heterocycles. The van der Waals surface area contributed by atoms with Crippen molar-refractivity contribution >= 4 is 22.7 Å². The summed E-state index contributed by atoms with van der Waals surface area (Å²) in [6, 6.07) is 3.39. The summed E-state index contributed by atoms with van der Waals surface area (Å²) in [7, 11) is 0. The van der Waals surface area contributed by atoms with Gasteiger partial charge in [-0.25, -0.2) is 18.3 Å². The van der Waals surface area contributed by atoms with Gasteiger partial charge in [0.2, 0.25) is 0 Å². The monoisotopic (exact) mass is 635 g/mol. The second-order valence-corrected chi connectivity index (χ2v) is 13.3. The number of aromatic nitrogens is 2. The molecular formula is C32H38F5N5O3. The first-order valence-electron chi connectivity index (χ1n) is 15.3. The van der Waals surface area contributed by atoms with Crippen molar-refractivity contribution in [1.82, 2.24) is 19.6 Å². The van der Waals surface area contributed by atoms with E-state index in [9.17, 15) is 18.0 Å². The van der Waals surface area contributed by atoms with Gasteiger partial charge in [0.1, 0.15) is 17.2 Å². The Kier molecular flexibility index (Phi) is 8.22. The van der Waals surface area contributed by atoms with Gasteiger partial charge in [-0.05, 0) is 82.7 Å². The average molecular weight is 636 g/mol. The Labute approximate surface area is 258 Å². The molecule has 3 atom stereocenters. The van der Waals surface area contributed by atoms with Crippen LogP contribution in [-0.2, 0) is 15.9 Å². The highest BCUT2D eigenvalue weighted by molar-refractivity contribution is 5.84. The van der Waals surface area contributed by atoms with Gasteiger partial charge in [-0.1, -0.05) is 6.07 Å². The Hall–Kier alpha value is -3.45. The molecule has 2 fully saturated rings. The Morgan fingerprint density at radius 1 is 1.11 bits per heavy atom. The number of hydrogen-bond donors (Lipinski definition) is 1. The van der Waals surface area contributed by atoms with E-state index < -0.39 is 53.7 Å². The van der Waals surface area contributed by atoms with Crippen LogP contribution in [0.5, 0.6) is 0 Å². The summed E-state index contributed by atoms with van der Waals surface area (Å²) in [6.45, 7) is 6.78. The van der Waals surface area contributed by atoms with Gasteiger partial charge < -0.3 is 19.7 Å². The molecule has 8 nitrogen and oxygen atoms in total. The lowest BCUT2D eigenvalue weighted by Gasteiger charge is -2.43. The normalized spacial score (nSPS) is 23.1. The standard InChI is InChI=1S/C32H38F5N5O3/c1-18-11-22-21(8-9-26-23(22)14-38-42(26)27-7-5-6-10-44-27)29(41(18)17-32(35,36)37)28-24(33)12-19(13-25(28)34)39-20-15-40(16-20)30(43)45-31(2,3)4/h8-9,12-14,18,20,27,29,39H,5-7,10-11,15-17H2,1-4H3/t18-,27?,29+/m1/s1. The molecule has 1 amide bonds. The number of amides is 1. The van der Waals surface area contributed by atoms with Gasteiger partial charge >= 0.3 is 12.3 Å². The van der Waals surface area contributed by atoms with Crippen LogP contribution in [0.3, 0.4) is 0 Å². The minimum atomic E-state index is -4.59. The third-order valence-electron chi connectivity index (χ3n) is 8.67. The Morgan fingerprint density at radius 2 is 1.82 bits per heavy atom. The molecule has 3 aliphatic rings. The molecule has 6 rings (SSSR count). The van der Waals surface area contributed by atoms with E-state index in [1.54, 1.807) is 50.7 Å². The zero-order valence-corrected chi connectivity index (χ0v) is 25.8. The van der Waals surface area contributed by atoms with Crippen molar-refractivity contribution in [2.24, 2.45) is 0 Å². The number of nitrogens with zero attached hydrogens (tertiary/aromatic N) is 4. The summed E-state index contributed by atoms with van der Waals surface area (Å²) >= 11 is 0. The van der Waals surface area contributed by atoms with Crippen LogP contribution in [0.1, 0.15) is 75.9 Å². The van der Waals surface area contributed by atoms with E-state index in [1.807, 2.05) is 0 Å². The van der Waals surface area contributed by atoms with E-state index in [-0.39, 0.29) is 37.5 Å². The Bertz CT molecular complexity index is 1550. The molecule has 0 bridgehead atoms. The molecule has 1 N–H and O–H groups in total. The largest absolute Gasteiger partial charge is 0.444 e. The SMILES string of the molecule is C[C@@H]1Cc2c(ccc3c2cnn3C2CCCCO2)[C@@H](c2c(F)cc(NC3CN(C(=O)OC(C)(C)C)C3)cc2F)N1CC(F)(F)F. The van der Waals surface area contributed by atoms with E-state index >= 15 is 8.78 Å². The van der Waals surface area contributed by atoms with Crippen molar-refractivity contribution < 1.29 is 36.2 Å².